The van der Waals surface area contributed by atoms with Crippen LogP contribution in [0.25, 0.3) is 0 Å². The van der Waals surface area contributed by atoms with Crippen LogP contribution in [0.4, 0.5) is 30.8 Å². The molecule has 40 heavy (non-hydrogen) atoms. The topological polar surface area (TPSA) is 165 Å². The molecule has 0 aliphatic rings. The quantitative estimate of drug-likeness (QED) is 0.114. The summed E-state index contributed by atoms with van der Waals surface area (Å²) in [5.41, 5.74) is 12.3. The molecule has 0 saturated carbocycles. The molecule has 1 heterocycles. The third-order valence-corrected chi connectivity index (χ3v) is 5.47. The van der Waals surface area contributed by atoms with Gasteiger partial charge in [-0.2, -0.15) is 28.1 Å². The molecule has 2 aromatic carbocycles. The summed E-state index contributed by atoms with van der Waals surface area (Å²) in [7, 11) is 0. The average Bonchev–Trinajstić information content (AvgIpc) is 2.89. The lowest BCUT2D eigenvalue weighted by Crippen LogP contribution is -2.32. The van der Waals surface area contributed by atoms with E-state index < -0.39 is 18.8 Å². The summed E-state index contributed by atoms with van der Waals surface area (Å²) < 4.78 is 42.8. The van der Waals surface area contributed by atoms with Crippen molar-refractivity contribution in [3.8, 4) is 6.01 Å². The van der Waals surface area contributed by atoms with Crippen LogP contribution in [-0.4, -0.2) is 52.2 Å². The highest BCUT2D eigenvalue weighted by molar-refractivity contribution is 6.30. The van der Waals surface area contributed by atoms with Gasteiger partial charge in [0, 0.05) is 35.4 Å². The molecule has 11 nitrogen and oxygen atoms in total. The molecule has 0 aliphatic carbocycles. The van der Waals surface area contributed by atoms with Crippen LogP contribution in [-0.2, 0) is 6.54 Å². The second kappa shape index (κ2) is 14.2. The van der Waals surface area contributed by atoms with E-state index in [1.807, 2.05) is 6.92 Å². The molecule has 0 bridgehead atoms. The number of benzene rings is 2. The maximum atomic E-state index is 12.7. The van der Waals surface area contributed by atoms with Crippen molar-refractivity contribution in [1.82, 2.24) is 20.3 Å². The standard InChI is InChI=1S/C25H29ClF3N9O2/c1-15(3-2-12-32-21(30)31)34-20(39)17-6-10-19(11-7-17)35-23-36-22(33-13-16-4-8-18(26)9-5-16)37-24(38-23)40-14-25(27,28)29/h4-11,15H,2-3,12-14H2,1H3,(H,34,39)(H4,30,31,32)(H2,33,35,36,37,38)/t15-/m1/s1. The van der Waals surface area contributed by atoms with Gasteiger partial charge in [0.25, 0.3) is 5.91 Å². The lowest BCUT2D eigenvalue weighted by Gasteiger charge is -2.14. The Morgan fingerprint density at radius 2 is 1.73 bits per heavy atom. The molecular weight excluding hydrogens is 551 g/mol. The molecule has 7 N–H and O–H groups in total. The number of hydrogen-bond donors (Lipinski definition) is 5. The first-order chi connectivity index (χ1) is 19.0. The summed E-state index contributed by atoms with van der Waals surface area (Å²) in [6.45, 7) is 1.06. The van der Waals surface area contributed by atoms with E-state index in [9.17, 15) is 18.0 Å². The molecule has 0 saturated heterocycles. The summed E-state index contributed by atoms with van der Waals surface area (Å²) >= 11 is 5.90. The zero-order chi connectivity index (χ0) is 29.1. The Bertz CT molecular complexity index is 1290. The molecule has 0 aliphatic heterocycles. The number of alkyl halides is 3. The number of aromatic nitrogens is 3. The summed E-state index contributed by atoms with van der Waals surface area (Å²) in [6.07, 6.45) is -3.18. The van der Waals surface area contributed by atoms with Gasteiger partial charge in [0.2, 0.25) is 11.9 Å². The molecule has 3 aromatic rings. The number of hydrogen-bond acceptors (Lipinski definition) is 8. The van der Waals surface area contributed by atoms with Gasteiger partial charge in [-0.1, -0.05) is 23.7 Å². The Morgan fingerprint density at radius 3 is 2.38 bits per heavy atom. The highest BCUT2D eigenvalue weighted by atomic mass is 35.5. The Balaban J connectivity index is 1.65. The summed E-state index contributed by atoms with van der Waals surface area (Å²) in [6, 6.07) is 12.8. The molecule has 214 valence electrons. The van der Waals surface area contributed by atoms with E-state index in [4.69, 9.17) is 27.8 Å². The summed E-state index contributed by atoms with van der Waals surface area (Å²) in [5.74, 6) is -0.303. The van der Waals surface area contributed by atoms with E-state index in [2.05, 4.69) is 35.9 Å². The van der Waals surface area contributed by atoms with Gasteiger partial charge in [-0.25, -0.2) is 0 Å². The first-order valence-corrected chi connectivity index (χ1v) is 12.5. The van der Waals surface area contributed by atoms with Crippen LogP contribution in [0, 0.1) is 0 Å². The van der Waals surface area contributed by atoms with Crippen LogP contribution in [0.5, 0.6) is 6.01 Å². The molecule has 1 amide bonds. The number of anilines is 3. The predicted octanol–water partition coefficient (Wildman–Crippen LogP) is 3.99. The highest BCUT2D eigenvalue weighted by Crippen LogP contribution is 2.21. The van der Waals surface area contributed by atoms with Gasteiger partial charge in [-0.15, -0.1) is 0 Å². The number of nitrogens with one attached hydrogen (secondary N) is 3. The van der Waals surface area contributed by atoms with Crippen molar-refractivity contribution in [3.63, 3.8) is 0 Å². The maximum absolute atomic E-state index is 12.7. The van der Waals surface area contributed by atoms with E-state index in [-0.39, 0.29) is 36.4 Å². The van der Waals surface area contributed by atoms with Gasteiger partial charge in [-0.3, -0.25) is 9.79 Å². The molecule has 1 atom stereocenters. The van der Waals surface area contributed by atoms with Gasteiger partial charge in [-0.05, 0) is 61.7 Å². The van der Waals surface area contributed by atoms with Crippen molar-refractivity contribution < 1.29 is 22.7 Å². The van der Waals surface area contributed by atoms with Crippen LogP contribution in [0.1, 0.15) is 35.7 Å². The Labute approximate surface area is 233 Å². The third kappa shape index (κ3) is 10.8. The van der Waals surface area contributed by atoms with Gasteiger partial charge in [0.05, 0.1) is 0 Å². The molecule has 3 rings (SSSR count). The van der Waals surface area contributed by atoms with Gasteiger partial charge in [0.15, 0.2) is 12.6 Å². The van der Waals surface area contributed by atoms with E-state index in [1.54, 1.807) is 48.5 Å². The highest BCUT2D eigenvalue weighted by Gasteiger charge is 2.29. The Hall–Kier alpha value is -4.33. The van der Waals surface area contributed by atoms with Gasteiger partial charge in [0.1, 0.15) is 0 Å². The maximum Gasteiger partial charge on any atom is 0.422 e. The smallest absolute Gasteiger partial charge is 0.422 e. The van der Waals surface area contributed by atoms with Crippen LogP contribution in [0.15, 0.2) is 53.5 Å². The number of amides is 1. The van der Waals surface area contributed by atoms with E-state index in [0.29, 0.717) is 35.7 Å². The summed E-state index contributed by atoms with van der Waals surface area (Å²) in [5, 5.41) is 9.29. The molecule has 1 aromatic heterocycles. The molecular formula is C25H29ClF3N9O2. The van der Waals surface area contributed by atoms with Crippen LogP contribution in [0.2, 0.25) is 5.02 Å². The number of aliphatic imine (C=N–C) groups is 1. The van der Waals surface area contributed by atoms with Crippen LogP contribution < -0.4 is 32.2 Å². The minimum Gasteiger partial charge on any atom is -0.454 e. The van der Waals surface area contributed by atoms with Gasteiger partial charge >= 0.3 is 12.2 Å². The minimum absolute atomic E-state index is 0.00514. The zero-order valence-corrected chi connectivity index (χ0v) is 22.3. The monoisotopic (exact) mass is 579 g/mol. The number of carbonyl (C=O) groups excluding carboxylic acids is 1. The molecule has 0 fully saturated rings. The van der Waals surface area contributed by atoms with Crippen molar-refractivity contribution in [2.45, 2.75) is 38.5 Å². The third-order valence-electron chi connectivity index (χ3n) is 5.21. The second-order valence-electron chi connectivity index (χ2n) is 8.67. The fourth-order valence-electron chi connectivity index (χ4n) is 3.30. The van der Waals surface area contributed by atoms with Crippen molar-refractivity contribution in [2.24, 2.45) is 16.5 Å². The normalized spacial score (nSPS) is 11.8. The van der Waals surface area contributed by atoms with E-state index in [1.165, 1.54) is 0 Å². The number of carbonyl (C=O) groups is 1. The first-order valence-electron chi connectivity index (χ1n) is 12.1. The SMILES string of the molecule is C[C@H](CCCN=C(N)N)NC(=O)c1ccc(Nc2nc(NCc3ccc(Cl)cc3)nc(OCC(F)(F)F)n2)cc1. The fourth-order valence-corrected chi connectivity index (χ4v) is 3.43. The zero-order valence-electron chi connectivity index (χ0n) is 21.5. The summed E-state index contributed by atoms with van der Waals surface area (Å²) in [4.78, 5) is 28.5. The van der Waals surface area contributed by atoms with Crippen LogP contribution in [0.3, 0.4) is 0 Å². The Kier molecular flexibility index (Phi) is 10.7. The van der Waals surface area contributed by atoms with Crippen molar-refractivity contribution in [2.75, 3.05) is 23.8 Å². The number of ether oxygens (including phenoxy) is 1. The fraction of sp³-hybridized carbons (Fsp3) is 0.320. The number of halogens is 4. The minimum atomic E-state index is -4.57. The largest absolute Gasteiger partial charge is 0.454 e. The Morgan fingerprint density at radius 1 is 1.05 bits per heavy atom. The molecule has 0 unspecified atom stereocenters. The first kappa shape index (κ1) is 30.2. The lowest BCUT2D eigenvalue weighted by atomic mass is 10.1. The van der Waals surface area contributed by atoms with Crippen LogP contribution >= 0.6 is 11.6 Å². The van der Waals surface area contributed by atoms with Gasteiger partial charge < -0.3 is 32.2 Å². The molecule has 0 spiro atoms. The molecule has 0 radical (unpaired) electrons. The lowest BCUT2D eigenvalue weighted by molar-refractivity contribution is -0.154. The molecule has 15 heteroatoms. The number of rotatable bonds is 13. The van der Waals surface area contributed by atoms with Crippen molar-refractivity contribution >= 4 is 41.1 Å². The number of nitrogens with two attached hydrogens (primary N) is 2. The van der Waals surface area contributed by atoms with Crippen molar-refractivity contribution in [3.05, 3.63) is 64.7 Å². The predicted molar refractivity (Wildman–Crippen MR) is 147 cm³/mol. The van der Waals surface area contributed by atoms with E-state index >= 15 is 0 Å². The van der Waals surface area contributed by atoms with E-state index in [0.717, 1.165) is 5.56 Å². The van der Waals surface area contributed by atoms with Crippen molar-refractivity contribution in [1.29, 1.82) is 0 Å². The number of nitrogens with zero attached hydrogens (tertiary/aromatic N) is 4. The second-order valence-corrected chi connectivity index (χ2v) is 9.11. The average molecular weight is 580 g/mol. The number of guanidine groups is 1.